The van der Waals surface area contributed by atoms with Crippen molar-refractivity contribution in [2.24, 2.45) is 0 Å². The molecule has 0 fully saturated rings. The first-order valence-electron chi connectivity index (χ1n) is 4.70. The first-order valence-corrected chi connectivity index (χ1v) is 4.70. The molecule has 1 aromatic heterocycles. The summed E-state index contributed by atoms with van der Waals surface area (Å²) in [5, 5.41) is 21.3. The molecule has 1 heterocycles. The van der Waals surface area contributed by atoms with Crippen LogP contribution >= 0.6 is 0 Å². The summed E-state index contributed by atoms with van der Waals surface area (Å²) in [6, 6.07) is 7.51. The van der Waals surface area contributed by atoms with Gasteiger partial charge in [0, 0.05) is 5.56 Å². The summed E-state index contributed by atoms with van der Waals surface area (Å²) in [6.45, 7) is 1.59. The van der Waals surface area contributed by atoms with Gasteiger partial charge in [-0.05, 0) is 23.4 Å². The fraction of sp³-hybridized carbons (Fsp3) is 0.200. The topological polar surface area (TPSA) is 83.7 Å². The van der Waals surface area contributed by atoms with Gasteiger partial charge in [-0.2, -0.15) is 0 Å². The quantitative estimate of drug-likeness (QED) is 0.518. The number of aryl methyl sites for hydroxylation is 1. The Labute approximate surface area is 120 Å². The van der Waals surface area contributed by atoms with E-state index in [-0.39, 0.29) is 36.1 Å². The Hall–Kier alpha value is -1.24. The third-order valence-corrected chi connectivity index (χ3v) is 2.09. The molecule has 2 aromatic rings. The van der Waals surface area contributed by atoms with Crippen LogP contribution in [0.5, 0.6) is 0 Å². The summed E-state index contributed by atoms with van der Waals surface area (Å²) >= 11 is 0. The van der Waals surface area contributed by atoms with Crippen molar-refractivity contribution in [2.45, 2.75) is 13.5 Å². The van der Waals surface area contributed by atoms with E-state index in [0.717, 1.165) is 11.1 Å². The van der Waals surface area contributed by atoms with Crippen molar-refractivity contribution in [1.29, 1.82) is 0 Å². The first kappa shape index (κ1) is 13.8. The fourth-order valence-corrected chi connectivity index (χ4v) is 1.42. The minimum Gasteiger partial charge on any atom is -0.548 e. The number of hydrogen-bond acceptors (Lipinski definition) is 5. The SMILES string of the molecule is Cc1cccc(-c2nnnn2CC(=O)[O-])c1.[Na+]. The van der Waals surface area contributed by atoms with Gasteiger partial charge in [-0.1, -0.05) is 23.8 Å². The van der Waals surface area contributed by atoms with E-state index in [1.54, 1.807) is 0 Å². The number of hydrogen-bond donors (Lipinski definition) is 0. The number of rotatable bonds is 3. The number of carboxylic acids is 1. The molecule has 0 aliphatic heterocycles. The summed E-state index contributed by atoms with van der Waals surface area (Å²) in [5.74, 6) is -0.797. The van der Waals surface area contributed by atoms with Crippen LogP contribution in [0.2, 0.25) is 0 Å². The van der Waals surface area contributed by atoms with Crippen LogP contribution in [-0.2, 0) is 11.3 Å². The Balaban J connectivity index is 0.00000144. The number of aliphatic carboxylic acids is 1. The van der Waals surface area contributed by atoms with Gasteiger partial charge in [0.15, 0.2) is 5.82 Å². The molecule has 0 aliphatic rings. The van der Waals surface area contributed by atoms with Crippen LogP contribution < -0.4 is 34.7 Å². The Kier molecular flexibility index (Phi) is 4.80. The van der Waals surface area contributed by atoms with Gasteiger partial charge >= 0.3 is 29.6 Å². The summed E-state index contributed by atoms with van der Waals surface area (Å²) in [6.07, 6.45) is 0. The minimum absolute atomic E-state index is 0. The van der Waals surface area contributed by atoms with Crippen LogP contribution in [-0.4, -0.2) is 26.2 Å². The minimum atomic E-state index is -1.22. The third-order valence-electron chi connectivity index (χ3n) is 2.09. The molecule has 0 spiro atoms. The zero-order valence-corrected chi connectivity index (χ0v) is 11.6. The van der Waals surface area contributed by atoms with Gasteiger partial charge in [0.2, 0.25) is 0 Å². The molecule has 2 rings (SSSR count). The predicted molar refractivity (Wildman–Crippen MR) is 53.0 cm³/mol. The molecule has 82 valence electrons. The Morgan fingerprint density at radius 2 is 2.24 bits per heavy atom. The second-order valence-electron chi connectivity index (χ2n) is 3.40. The maximum Gasteiger partial charge on any atom is 1.00 e. The number of benzene rings is 1. The molecular weight excluding hydrogens is 231 g/mol. The van der Waals surface area contributed by atoms with Gasteiger partial charge in [0.05, 0.1) is 12.5 Å². The van der Waals surface area contributed by atoms with Crippen molar-refractivity contribution in [1.82, 2.24) is 20.2 Å². The second-order valence-corrected chi connectivity index (χ2v) is 3.40. The molecule has 0 N–H and O–H groups in total. The summed E-state index contributed by atoms with van der Waals surface area (Å²) in [4.78, 5) is 10.5. The molecule has 0 saturated carbocycles. The van der Waals surface area contributed by atoms with E-state index >= 15 is 0 Å². The summed E-state index contributed by atoms with van der Waals surface area (Å²) in [7, 11) is 0. The van der Waals surface area contributed by atoms with Crippen molar-refractivity contribution in [3.8, 4) is 11.4 Å². The van der Waals surface area contributed by atoms with E-state index in [4.69, 9.17) is 0 Å². The van der Waals surface area contributed by atoms with Gasteiger partial charge in [-0.15, -0.1) is 5.10 Å². The number of aromatic nitrogens is 4. The molecule has 0 amide bonds. The monoisotopic (exact) mass is 240 g/mol. The molecule has 17 heavy (non-hydrogen) atoms. The Morgan fingerprint density at radius 1 is 1.47 bits per heavy atom. The molecule has 0 atom stereocenters. The average Bonchev–Trinajstić information content (AvgIpc) is 2.65. The number of tetrazole rings is 1. The van der Waals surface area contributed by atoms with Crippen molar-refractivity contribution in [3.05, 3.63) is 29.8 Å². The standard InChI is InChI=1S/C10H10N4O2.Na/c1-7-3-2-4-8(5-7)10-11-12-13-14(10)6-9(15)16;/h2-5H,6H2,1H3,(H,15,16);/q;+1/p-1. The van der Waals surface area contributed by atoms with E-state index < -0.39 is 5.97 Å². The van der Waals surface area contributed by atoms with Gasteiger partial charge in [0.1, 0.15) is 0 Å². The molecule has 0 aliphatic carbocycles. The third kappa shape index (κ3) is 3.36. The van der Waals surface area contributed by atoms with E-state index in [9.17, 15) is 9.90 Å². The average molecular weight is 240 g/mol. The van der Waals surface area contributed by atoms with Crippen LogP contribution in [0, 0.1) is 6.92 Å². The Bertz CT molecular complexity index is 527. The van der Waals surface area contributed by atoms with Crippen LogP contribution in [0.3, 0.4) is 0 Å². The number of carbonyl (C=O) groups excluding carboxylic acids is 1. The maximum atomic E-state index is 10.5. The van der Waals surface area contributed by atoms with E-state index in [1.165, 1.54) is 4.68 Å². The zero-order chi connectivity index (χ0) is 11.5. The van der Waals surface area contributed by atoms with Crippen molar-refractivity contribution >= 4 is 5.97 Å². The van der Waals surface area contributed by atoms with Crippen LogP contribution in [0.25, 0.3) is 11.4 Å². The van der Waals surface area contributed by atoms with Crippen LogP contribution in [0.4, 0.5) is 0 Å². The largest absolute Gasteiger partial charge is 1.00 e. The summed E-state index contributed by atoms with van der Waals surface area (Å²) < 4.78 is 1.20. The molecule has 6 nitrogen and oxygen atoms in total. The van der Waals surface area contributed by atoms with Gasteiger partial charge < -0.3 is 9.90 Å². The second kappa shape index (κ2) is 5.90. The number of nitrogens with zero attached hydrogens (tertiary/aromatic N) is 4. The smallest absolute Gasteiger partial charge is 0.548 e. The summed E-state index contributed by atoms with van der Waals surface area (Å²) in [5.41, 5.74) is 1.84. The molecule has 0 unspecified atom stereocenters. The molecule has 0 saturated heterocycles. The van der Waals surface area contributed by atoms with E-state index in [2.05, 4.69) is 15.5 Å². The van der Waals surface area contributed by atoms with E-state index in [1.807, 2.05) is 31.2 Å². The normalized spacial score (nSPS) is 9.71. The van der Waals surface area contributed by atoms with Crippen LogP contribution in [0.15, 0.2) is 24.3 Å². The van der Waals surface area contributed by atoms with Crippen molar-refractivity contribution in [3.63, 3.8) is 0 Å². The van der Waals surface area contributed by atoms with E-state index in [0.29, 0.717) is 5.82 Å². The maximum absolute atomic E-state index is 10.5. The fourth-order valence-electron chi connectivity index (χ4n) is 1.42. The first-order chi connectivity index (χ1) is 7.66. The molecule has 0 bridgehead atoms. The Morgan fingerprint density at radius 3 is 2.88 bits per heavy atom. The number of carbonyl (C=O) groups is 1. The zero-order valence-electron chi connectivity index (χ0n) is 9.62. The molecular formula is C10H9N4NaO2. The molecule has 0 radical (unpaired) electrons. The van der Waals surface area contributed by atoms with Crippen molar-refractivity contribution in [2.75, 3.05) is 0 Å². The van der Waals surface area contributed by atoms with Crippen LogP contribution in [0.1, 0.15) is 5.56 Å². The molecule has 1 aromatic carbocycles. The molecule has 7 heteroatoms. The van der Waals surface area contributed by atoms with Gasteiger partial charge in [-0.3, -0.25) is 0 Å². The van der Waals surface area contributed by atoms with Crippen molar-refractivity contribution < 1.29 is 39.5 Å². The predicted octanol–water partition coefficient (Wildman–Crippen LogP) is -3.60. The number of carboxylic acid groups (broad SMARTS) is 1. The van der Waals surface area contributed by atoms with Gasteiger partial charge in [-0.25, -0.2) is 4.68 Å². The van der Waals surface area contributed by atoms with Gasteiger partial charge in [0.25, 0.3) is 0 Å².